The predicted octanol–water partition coefficient (Wildman–Crippen LogP) is 1.77. The fourth-order valence-electron chi connectivity index (χ4n) is 1.51. The summed E-state index contributed by atoms with van der Waals surface area (Å²) in [6.07, 6.45) is 7.94. The Morgan fingerprint density at radius 2 is 2.12 bits per heavy atom. The SMILES string of the molecule is C#CC(CC)(CC)NC(=O)CSC(C)CCN. The third-order valence-corrected chi connectivity index (χ3v) is 4.17. The summed E-state index contributed by atoms with van der Waals surface area (Å²) < 4.78 is 0. The lowest BCUT2D eigenvalue weighted by atomic mass is 9.94. The standard InChI is InChI=1S/C13H24N2OS/c1-5-13(6-2,7-3)15-12(16)10-17-11(4)8-9-14/h1,11H,6-10,14H2,2-4H3,(H,15,16). The summed E-state index contributed by atoms with van der Waals surface area (Å²) in [5.74, 6) is 3.16. The van der Waals surface area contributed by atoms with Gasteiger partial charge < -0.3 is 11.1 Å². The zero-order valence-corrected chi connectivity index (χ0v) is 11.9. The fourth-order valence-corrected chi connectivity index (χ4v) is 2.32. The van der Waals surface area contributed by atoms with Crippen molar-refractivity contribution in [2.24, 2.45) is 5.73 Å². The van der Waals surface area contributed by atoms with Crippen molar-refractivity contribution >= 4 is 17.7 Å². The van der Waals surface area contributed by atoms with Crippen LogP contribution in [-0.2, 0) is 4.79 Å². The quantitative estimate of drug-likeness (QED) is 0.651. The van der Waals surface area contributed by atoms with E-state index < -0.39 is 5.54 Å². The summed E-state index contributed by atoms with van der Waals surface area (Å²) in [4.78, 5) is 11.8. The Morgan fingerprint density at radius 1 is 1.53 bits per heavy atom. The Kier molecular flexibility index (Phi) is 8.11. The molecule has 1 amide bonds. The largest absolute Gasteiger partial charge is 0.339 e. The average Bonchev–Trinajstić information content (AvgIpc) is 2.34. The molecule has 0 aliphatic heterocycles. The van der Waals surface area contributed by atoms with E-state index in [4.69, 9.17) is 12.2 Å². The Balaban J connectivity index is 4.13. The zero-order valence-electron chi connectivity index (χ0n) is 11.1. The first-order valence-corrected chi connectivity index (χ1v) is 7.18. The van der Waals surface area contributed by atoms with Crippen molar-refractivity contribution in [2.45, 2.75) is 50.8 Å². The van der Waals surface area contributed by atoms with E-state index in [2.05, 4.69) is 18.2 Å². The number of nitrogens with two attached hydrogens (primary N) is 1. The number of carbonyl (C=O) groups excluding carboxylic acids is 1. The second kappa shape index (κ2) is 8.43. The van der Waals surface area contributed by atoms with Gasteiger partial charge in [-0.25, -0.2) is 0 Å². The second-order valence-corrected chi connectivity index (χ2v) is 5.61. The van der Waals surface area contributed by atoms with Crippen LogP contribution in [-0.4, -0.2) is 29.0 Å². The molecule has 98 valence electrons. The molecule has 17 heavy (non-hydrogen) atoms. The van der Waals surface area contributed by atoms with Crippen LogP contribution in [0, 0.1) is 12.3 Å². The molecule has 0 aliphatic rings. The molecule has 0 aromatic heterocycles. The molecule has 0 radical (unpaired) electrons. The summed E-state index contributed by atoms with van der Waals surface area (Å²) in [7, 11) is 0. The molecule has 0 aromatic rings. The van der Waals surface area contributed by atoms with Gasteiger partial charge in [0.25, 0.3) is 0 Å². The highest BCUT2D eigenvalue weighted by atomic mass is 32.2. The van der Waals surface area contributed by atoms with Crippen molar-refractivity contribution in [3.05, 3.63) is 0 Å². The van der Waals surface area contributed by atoms with Crippen molar-refractivity contribution in [2.75, 3.05) is 12.3 Å². The van der Waals surface area contributed by atoms with Crippen molar-refractivity contribution in [1.29, 1.82) is 0 Å². The van der Waals surface area contributed by atoms with Gasteiger partial charge >= 0.3 is 0 Å². The van der Waals surface area contributed by atoms with Crippen molar-refractivity contribution < 1.29 is 4.79 Å². The summed E-state index contributed by atoms with van der Waals surface area (Å²) in [5.41, 5.74) is 4.98. The number of carbonyl (C=O) groups is 1. The van der Waals surface area contributed by atoms with Gasteiger partial charge in [0.1, 0.15) is 5.54 Å². The van der Waals surface area contributed by atoms with Crippen LogP contribution in [0.2, 0.25) is 0 Å². The first kappa shape index (κ1) is 16.3. The van der Waals surface area contributed by atoms with Gasteiger partial charge in [0.15, 0.2) is 0 Å². The number of terminal acetylenes is 1. The van der Waals surface area contributed by atoms with Gasteiger partial charge in [-0.3, -0.25) is 4.79 Å². The number of thioether (sulfide) groups is 1. The molecule has 0 spiro atoms. The lowest BCUT2D eigenvalue weighted by Gasteiger charge is -2.27. The number of nitrogens with one attached hydrogen (secondary N) is 1. The molecule has 0 saturated heterocycles. The summed E-state index contributed by atoms with van der Waals surface area (Å²) in [5, 5.41) is 3.36. The molecule has 3 N–H and O–H groups in total. The first-order valence-electron chi connectivity index (χ1n) is 6.14. The minimum absolute atomic E-state index is 0.0144. The molecule has 1 unspecified atom stereocenters. The number of rotatable bonds is 8. The molecule has 4 heteroatoms. The Bertz CT molecular complexity index is 269. The molecule has 0 fully saturated rings. The van der Waals surface area contributed by atoms with Gasteiger partial charge in [-0.2, -0.15) is 0 Å². The maximum absolute atomic E-state index is 11.8. The molecular formula is C13H24N2OS. The van der Waals surface area contributed by atoms with E-state index in [9.17, 15) is 4.79 Å². The van der Waals surface area contributed by atoms with Crippen LogP contribution >= 0.6 is 11.8 Å². The lowest BCUT2D eigenvalue weighted by Crippen LogP contribution is -2.47. The molecule has 0 saturated carbocycles. The van der Waals surface area contributed by atoms with E-state index in [0.717, 1.165) is 19.3 Å². The topological polar surface area (TPSA) is 55.1 Å². The highest BCUT2D eigenvalue weighted by molar-refractivity contribution is 8.00. The second-order valence-electron chi connectivity index (χ2n) is 4.18. The van der Waals surface area contributed by atoms with Gasteiger partial charge in [0.2, 0.25) is 5.91 Å². The summed E-state index contributed by atoms with van der Waals surface area (Å²) in [6, 6.07) is 0. The van der Waals surface area contributed by atoms with E-state index >= 15 is 0 Å². The zero-order chi connectivity index (χ0) is 13.3. The van der Waals surface area contributed by atoms with E-state index in [1.165, 1.54) is 0 Å². The maximum atomic E-state index is 11.8. The van der Waals surface area contributed by atoms with Crippen molar-refractivity contribution in [3.63, 3.8) is 0 Å². The monoisotopic (exact) mass is 256 g/mol. The van der Waals surface area contributed by atoms with Crippen LogP contribution < -0.4 is 11.1 Å². The number of amides is 1. The molecule has 3 nitrogen and oxygen atoms in total. The van der Waals surface area contributed by atoms with Crippen LogP contribution in [0.1, 0.15) is 40.0 Å². The normalized spacial score (nSPS) is 12.9. The van der Waals surface area contributed by atoms with Gasteiger partial charge in [-0.05, 0) is 25.8 Å². The van der Waals surface area contributed by atoms with E-state index in [0.29, 0.717) is 17.5 Å². The highest BCUT2D eigenvalue weighted by Crippen LogP contribution is 2.16. The molecular weight excluding hydrogens is 232 g/mol. The number of hydrogen-bond donors (Lipinski definition) is 2. The van der Waals surface area contributed by atoms with E-state index in [1.54, 1.807) is 11.8 Å². The van der Waals surface area contributed by atoms with Crippen LogP contribution in [0.5, 0.6) is 0 Å². The third-order valence-electron chi connectivity index (χ3n) is 2.93. The molecule has 0 aromatic carbocycles. The van der Waals surface area contributed by atoms with Gasteiger partial charge in [0.05, 0.1) is 5.75 Å². The average molecular weight is 256 g/mol. The predicted molar refractivity (Wildman–Crippen MR) is 75.9 cm³/mol. The first-order chi connectivity index (χ1) is 8.03. The molecule has 0 heterocycles. The van der Waals surface area contributed by atoms with Crippen LogP contribution in [0.15, 0.2) is 0 Å². The molecule has 0 rings (SSSR count). The van der Waals surface area contributed by atoms with Crippen LogP contribution in [0.4, 0.5) is 0 Å². The Hall–Kier alpha value is -0.660. The Labute approximate surface area is 109 Å². The van der Waals surface area contributed by atoms with E-state index in [1.807, 2.05) is 13.8 Å². The molecule has 0 aliphatic carbocycles. The number of hydrogen-bond acceptors (Lipinski definition) is 3. The van der Waals surface area contributed by atoms with Gasteiger partial charge in [-0.15, -0.1) is 18.2 Å². The van der Waals surface area contributed by atoms with Gasteiger partial charge in [-0.1, -0.05) is 26.7 Å². The molecule has 1 atom stereocenters. The van der Waals surface area contributed by atoms with Crippen molar-refractivity contribution in [1.82, 2.24) is 5.32 Å². The fraction of sp³-hybridized carbons (Fsp3) is 0.769. The van der Waals surface area contributed by atoms with Crippen molar-refractivity contribution in [3.8, 4) is 12.3 Å². The smallest absolute Gasteiger partial charge is 0.231 e. The summed E-state index contributed by atoms with van der Waals surface area (Å²) in [6.45, 7) is 6.73. The maximum Gasteiger partial charge on any atom is 0.231 e. The van der Waals surface area contributed by atoms with Gasteiger partial charge in [0, 0.05) is 5.25 Å². The van der Waals surface area contributed by atoms with Crippen LogP contribution in [0.3, 0.4) is 0 Å². The lowest BCUT2D eigenvalue weighted by molar-refractivity contribution is -0.119. The minimum atomic E-state index is -0.477. The van der Waals surface area contributed by atoms with E-state index in [-0.39, 0.29) is 5.91 Å². The minimum Gasteiger partial charge on any atom is -0.339 e. The Morgan fingerprint density at radius 3 is 2.53 bits per heavy atom. The summed E-state index contributed by atoms with van der Waals surface area (Å²) >= 11 is 1.62. The molecule has 0 bridgehead atoms. The third kappa shape index (κ3) is 5.99. The highest BCUT2D eigenvalue weighted by Gasteiger charge is 2.25. The van der Waals surface area contributed by atoms with Crippen LogP contribution in [0.25, 0.3) is 0 Å².